The third-order valence-corrected chi connectivity index (χ3v) is 3.79. The van der Waals surface area contributed by atoms with Gasteiger partial charge in [-0.15, -0.1) is 0 Å². The topological polar surface area (TPSA) is 102 Å². The summed E-state index contributed by atoms with van der Waals surface area (Å²) in [5.41, 5.74) is 11.9. The Balaban J connectivity index is 0.000000172. The van der Waals surface area contributed by atoms with Crippen LogP contribution in [0.1, 0.15) is 32.3 Å². The van der Waals surface area contributed by atoms with E-state index in [0.29, 0.717) is 12.2 Å². The molecule has 22 heavy (non-hydrogen) atoms. The maximum absolute atomic E-state index is 10.3. The summed E-state index contributed by atoms with van der Waals surface area (Å²) in [6, 6.07) is 3.36. The highest BCUT2D eigenvalue weighted by Gasteiger charge is 2.30. The normalized spacial score (nSPS) is 19.0. The van der Waals surface area contributed by atoms with Crippen molar-refractivity contribution in [2.24, 2.45) is 5.73 Å². The van der Waals surface area contributed by atoms with E-state index in [-0.39, 0.29) is 17.3 Å². The summed E-state index contributed by atoms with van der Waals surface area (Å²) in [5, 5.41) is 9.35. The molecule has 0 bridgehead atoms. The largest absolute Gasteiger partial charge is 0.506 e. The van der Waals surface area contributed by atoms with Gasteiger partial charge in [0.2, 0.25) is 5.91 Å². The molecule has 1 fully saturated rings. The van der Waals surface area contributed by atoms with Gasteiger partial charge in [-0.1, -0.05) is 0 Å². The Kier molecular flexibility index (Phi) is 4.81. The predicted molar refractivity (Wildman–Crippen MR) is 85.8 cm³/mol. The zero-order chi connectivity index (χ0) is 16.3. The van der Waals surface area contributed by atoms with Crippen LogP contribution in [0.3, 0.4) is 0 Å². The molecule has 1 aromatic rings. The zero-order valence-corrected chi connectivity index (χ0v) is 13.3. The van der Waals surface area contributed by atoms with Gasteiger partial charge in [0.1, 0.15) is 17.1 Å². The Morgan fingerprint density at radius 3 is 2.59 bits per heavy atom. The molecule has 0 atom stereocenters. The third kappa shape index (κ3) is 4.27. The van der Waals surface area contributed by atoms with E-state index in [1.54, 1.807) is 12.1 Å². The van der Waals surface area contributed by atoms with Crippen LogP contribution in [0.25, 0.3) is 0 Å². The maximum Gasteiger partial charge on any atom is 0.231 e. The summed E-state index contributed by atoms with van der Waals surface area (Å²) in [4.78, 5) is 12.4. The van der Waals surface area contributed by atoms with Gasteiger partial charge in [0.15, 0.2) is 0 Å². The molecule has 2 aliphatic rings. The van der Waals surface area contributed by atoms with Crippen molar-refractivity contribution in [2.75, 3.05) is 25.4 Å². The average Bonchev–Trinajstić information content (AvgIpc) is 2.96. The van der Waals surface area contributed by atoms with E-state index in [4.69, 9.17) is 16.2 Å². The molecule has 3 rings (SSSR count). The Hall–Kier alpha value is -1.95. The number of phenolic OH excluding ortho intramolecular Hbond substituents is 1. The van der Waals surface area contributed by atoms with E-state index in [1.165, 1.54) is 12.8 Å². The quantitative estimate of drug-likeness (QED) is 0.564. The Morgan fingerprint density at radius 1 is 1.36 bits per heavy atom. The van der Waals surface area contributed by atoms with Crippen molar-refractivity contribution in [1.29, 1.82) is 0 Å². The number of nitrogen functional groups attached to an aromatic ring is 1. The number of primary amides is 1. The molecule has 1 aromatic carbocycles. The number of hydrogen-bond acceptors (Lipinski definition) is 5. The molecule has 122 valence electrons. The van der Waals surface area contributed by atoms with Crippen LogP contribution >= 0.6 is 0 Å². The number of hydrogen-bond donors (Lipinski definition) is 3. The molecule has 0 aliphatic carbocycles. The van der Waals surface area contributed by atoms with E-state index in [0.717, 1.165) is 30.8 Å². The minimum absolute atomic E-state index is 0.0939. The fraction of sp³-hybridized carbons (Fsp3) is 0.562. The Labute approximate surface area is 131 Å². The number of carbonyl (C=O) groups is 1. The number of aromatic hydroxyl groups is 1. The maximum atomic E-state index is 10.3. The number of rotatable bonds is 2. The second kappa shape index (κ2) is 6.44. The van der Waals surface area contributed by atoms with Crippen molar-refractivity contribution in [1.82, 2.24) is 4.90 Å². The number of nitrogens with two attached hydrogens (primary N) is 2. The van der Waals surface area contributed by atoms with Crippen molar-refractivity contribution in [3.8, 4) is 11.5 Å². The first-order valence-corrected chi connectivity index (χ1v) is 7.58. The molecule has 2 heterocycles. The van der Waals surface area contributed by atoms with Gasteiger partial charge in [-0.05, 0) is 45.8 Å². The van der Waals surface area contributed by atoms with E-state index in [2.05, 4.69) is 4.90 Å². The lowest BCUT2D eigenvalue weighted by Gasteiger charge is -2.16. The van der Waals surface area contributed by atoms with Crippen molar-refractivity contribution < 1.29 is 14.6 Å². The lowest BCUT2D eigenvalue weighted by atomic mass is 10.0. The van der Waals surface area contributed by atoms with Crippen LogP contribution in [0.15, 0.2) is 12.1 Å². The van der Waals surface area contributed by atoms with Crippen molar-refractivity contribution in [2.45, 2.75) is 38.7 Å². The third-order valence-electron chi connectivity index (χ3n) is 3.79. The number of anilines is 1. The van der Waals surface area contributed by atoms with Gasteiger partial charge in [0, 0.05) is 18.1 Å². The van der Waals surface area contributed by atoms with Gasteiger partial charge in [-0.2, -0.15) is 0 Å². The molecule has 0 spiro atoms. The van der Waals surface area contributed by atoms with Gasteiger partial charge in [0.25, 0.3) is 0 Å². The van der Waals surface area contributed by atoms with E-state index >= 15 is 0 Å². The van der Waals surface area contributed by atoms with Gasteiger partial charge in [-0.25, -0.2) is 0 Å². The summed E-state index contributed by atoms with van der Waals surface area (Å²) in [6.45, 7) is 6.56. The van der Waals surface area contributed by atoms with Crippen LogP contribution in [0.5, 0.6) is 11.5 Å². The minimum Gasteiger partial charge on any atom is -0.506 e. The molecule has 6 nitrogen and oxygen atoms in total. The van der Waals surface area contributed by atoms with Crippen LogP contribution in [-0.2, 0) is 11.2 Å². The number of likely N-dealkylation sites (tertiary alicyclic amines) is 1. The first-order chi connectivity index (χ1) is 10.3. The highest BCUT2D eigenvalue weighted by Crippen LogP contribution is 2.39. The van der Waals surface area contributed by atoms with Crippen LogP contribution in [0, 0.1) is 0 Å². The Morgan fingerprint density at radius 2 is 2.00 bits per heavy atom. The summed E-state index contributed by atoms with van der Waals surface area (Å²) in [7, 11) is 0. The smallest absolute Gasteiger partial charge is 0.231 e. The number of benzene rings is 1. The molecule has 1 amide bonds. The fourth-order valence-corrected chi connectivity index (χ4v) is 2.82. The van der Waals surface area contributed by atoms with Crippen LogP contribution in [0.4, 0.5) is 5.69 Å². The first kappa shape index (κ1) is 16.4. The van der Waals surface area contributed by atoms with E-state index in [9.17, 15) is 9.90 Å². The lowest BCUT2D eigenvalue weighted by molar-refractivity contribution is -0.118. The highest BCUT2D eigenvalue weighted by atomic mass is 16.5. The summed E-state index contributed by atoms with van der Waals surface area (Å²) in [5.74, 6) is 0.630. The lowest BCUT2D eigenvalue weighted by Crippen LogP contribution is -2.31. The highest BCUT2D eigenvalue weighted by molar-refractivity contribution is 5.75. The zero-order valence-electron chi connectivity index (χ0n) is 13.3. The fourth-order valence-electron chi connectivity index (χ4n) is 2.82. The van der Waals surface area contributed by atoms with Gasteiger partial charge < -0.3 is 21.3 Å². The van der Waals surface area contributed by atoms with Crippen molar-refractivity contribution >= 4 is 11.6 Å². The molecule has 2 aliphatic heterocycles. The Bertz CT molecular complexity index is 519. The average molecular weight is 307 g/mol. The number of amides is 1. The van der Waals surface area contributed by atoms with Crippen molar-refractivity contribution in [3.63, 3.8) is 0 Å². The molecular formula is C16H25N3O3. The van der Waals surface area contributed by atoms with Gasteiger partial charge in [0.05, 0.1) is 12.2 Å². The van der Waals surface area contributed by atoms with E-state index in [1.807, 2.05) is 13.8 Å². The number of phenols is 1. The van der Waals surface area contributed by atoms with Gasteiger partial charge in [-0.3, -0.25) is 9.69 Å². The monoisotopic (exact) mass is 307 g/mol. The second-order valence-electron chi connectivity index (χ2n) is 6.51. The standard InChI is InChI=1S/C10H13NO2.C6H12N2O/c1-10(2)5-6-3-7(11)8(12)4-9(6)13-10;7-6(9)5-8-3-1-2-4-8/h3-4,12H,5,11H2,1-2H3;1-5H2,(H2,7,9). The molecule has 0 aromatic heterocycles. The number of ether oxygens (including phenoxy) is 1. The summed E-state index contributed by atoms with van der Waals surface area (Å²) < 4.78 is 5.61. The van der Waals surface area contributed by atoms with Gasteiger partial charge >= 0.3 is 0 Å². The molecule has 0 saturated carbocycles. The van der Waals surface area contributed by atoms with Crippen LogP contribution in [-0.4, -0.2) is 41.1 Å². The molecular weight excluding hydrogens is 282 g/mol. The van der Waals surface area contributed by atoms with E-state index < -0.39 is 0 Å². The first-order valence-electron chi connectivity index (χ1n) is 7.58. The minimum atomic E-state index is -0.211. The molecule has 5 N–H and O–H groups in total. The molecule has 0 radical (unpaired) electrons. The summed E-state index contributed by atoms with van der Waals surface area (Å²) in [6.07, 6.45) is 3.27. The number of carbonyl (C=O) groups excluding carboxylic acids is 1. The second-order valence-corrected chi connectivity index (χ2v) is 6.51. The molecule has 6 heteroatoms. The van der Waals surface area contributed by atoms with Crippen LogP contribution < -0.4 is 16.2 Å². The predicted octanol–water partition coefficient (Wildman–Crippen LogP) is 1.26. The van der Waals surface area contributed by atoms with Crippen molar-refractivity contribution in [3.05, 3.63) is 17.7 Å². The molecule has 0 unspecified atom stereocenters. The van der Waals surface area contributed by atoms with Crippen LogP contribution in [0.2, 0.25) is 0 Å². The molecule has 1 saturated heterocycles. The summed E-state index contributed by atoms with van der Waals surface area (Å²) >= 11 is 0. The number of nitrogens with zero attached hydrogens (tertiary/aromatic N) is 1. The number of fused-ring (bicyclic) bond motifs is 1. The SMILES string of the molecule is CC1(C)Cc2cc(N)c(O)cc2O1.NC(=O)CN1CCCC1.